The van der Waals surface area contributed by atoms with Crippen LogP contribution in [0.15, 0.2) is 113 Å². The molecule has 0 fully saturated rings. The predicted octanol–water partition coefficient (Wildman–Crippen LogP) is 2.51. The number of ether oxygens (including phenoxy) is 2. The Labute approximate surface area is 214 Å². The average molecular weight is 505 g/mol. The maximum Gasteiger partial charge on any atom is 0.218 e. The Morgan fingerprint density at radius 1 is 0.722 bits per heavy atom. The summed E-state index contributed by atoms with van der Waals surface area (Å²) in [5.41, 5.74) is 16.1. The number of aliphatic imine (C=N–C) groups is 2. The summed E-state index contributed by atoms with van der Waals surface area (Å²) >= 11 is 0. The van der Waals surface area contributed by atoms with E-state index >= 15 is 0 Å². The van der Waals surface area contributed by atoms with E-state index in [4.69, 9.17) is 26.7 Å². The Kier molecular flexibility index (Phi) is 10.5. The molecule has 6 N–H and O–H groups in total. The average Bonchev–Trinajstić information content (AvgIpc) is 2.90. The molecule has 0 bridgehead atoms. The molecule has 7 nitrogen and oxygen atoms in total. The number of hydrogen-bond donors (Lipinski definition) is 3. The number of guanidine groups is 2. The molecule has 0 saturated heterocycles. The molecule has 8 heteroatoms. The highest BCUT2D eigenvalue weighted by Crippen LogP contribution is 2.54. The SMILES string of the molecule is C=C(CCOCC[P+](c1ccccc1)(c1ccccc1)c1ccccc1)OCCN=C(N)N=C(N)N. The lowest BCUT2D eigenvalue weighted by molar-refractivity contribution is 0.129. The second-order valence-corrected chi connectivity index (χ2v) is 11.7. The lowest BCUT2D eigenvalue weighted by atomic mass is 10.4. The molecule has 0 unspecified atom stereocenters. The van der Waals surface area contributed by atoms with Crippen molar-refractivity contribution in [2.24, 2.45) is 27.2 Å². The molecule has 3 aromatic rings. The first-order chi connectivity index (χ1) is 17.5. The van der Waals surface area contributed by atoms with Crippen LogP contribution in [0.5, 0.6) is 0 Å². The molecule has 36 heavy (non-hydrogen) atoms. The number of nitrogens with two attached hydrogens (primary N) is 3. The molecule has 0 aliphatic carbocycles. The molecular weight excluding hydrogens is 469 g/mol. The molecular formula is C28H35N5O2P+. The van der Waals surface area contributed by atoms with Gasteiger partial charge in [-0.1, -0.05) is 61.2 Å². The number of benzene rings is 3. The maximum atomic E-state index is 6.11. The summed E-state index contributed by atoms with van der Waals surface area (Å²) in [6.07, 6.45) is 1.50. The zero-order chi connectivity index (χ0) is 25.6. The van der Waals surface area contributed by atoms with E-state index in [0.717, 1.165) is 6.16 Å². The van der Waals surface area contributed by atoms with Gasteiger partial charge in [0, 0.05) is 6.42 Å². The summed E-state index contributed by atoms with van der Waals surface area (Å²) < 4.78 is 11.7. The second-order valence-electron chi connectivity index (χ2n) is 8.07. The fourth-order valence-electron chi connectivity index (χ4n) is 3.96. The van der Waals surface area contributed by atoms with Crippen LogP contribution in [0.1, 0.15) is 6.42 Å². The van der Waals surface area contributed by atoms with Crippen LogP contribution in [0.3, 0.4) is 0 Å². The third-order valence-corrected chi connectivity index (χ3v) is 9.99. The first kappa shape index (κ1) is 26.9. The van der Waals surface area contributed by atoms with E-state index in [2.05, 4.69) is 108 Å². The Bertz CT molecular complexity index is 1040. The minimum atomic E-state index is -1.89. The first-order valence-corrected chi connectivity index (χ1v) is 13.8. The molecule has 0 atom stereocenters. The summed E-state index contributed by atoms with van der Waals surface area (Å²) in [5.74, 6) is 0.535. The normalized spacial score (nSPS) is 11.6. The van der Waals surface area contributed by atoms with E-state index in [9.17, 15) is 0 Å². The molecule has 3 aromatic carbocycles. The first-order valence-electron chi connectivity index (χ1n) is 11.8. The predicted molar refractivity (Wildman–Crippen MR) is 153 cm³/mol. The van der Waals surface area contributed by atoms with E-state index in [-0.39, 0.29) is 11.9 Å². The Morgan fingerprint density at radius 3 is 1.69 bits per heavy atom. The smallest absolute Gasteiger partial charge is 0.218 e. The second kappa shape index (κ2) is 14.0. The van der Waals surface area contributed by atoms with Gasteiger partial charge in [-0.25, -0.2) is 4.99 Å². The third kappa shape index (κ3) is 7.67. The highest BCUT2D eigenvalue weighted by atomic mass is 31.2. The van der Waals surface area contributed by atoms with Crippen molar-refractivity contribution in [2.45, 2.75) is 6.42 Å². The number of rotatable bonds is 13. The summed E-state index contributed by atoms with van der Waals surface area (Å²) in [6.45, 7) is 5.79. The fraction of sp³-hybridized carbons (Fsp3) is 0.214. The standard InChI is InChI=1S/C28H35N5O2P/c1-23(35-20-18-32-28(31)33-27(29)30)17-19-34-21-22-36(24-11-5-2-6-12-24,25-13-7-3-8-14-25)26-15-9-4-10-16-26/h2-16H,1,17-22H2,(H6,29,30,31,32,33)/q+1. The van der Waals surface area contributed by atoms with Gasteiger partial charge >= 0.3 is 0 Å². The molecule has 188 valence electrons. The van der Waals surface area contributed by atoms with E-state index in [1.807, 2.05) is 0 Å². The molecule has 0 aliphatic rings. The number of nitrogens with zero attached hydrogens (tertiary/aromatic N) is 2. The van der Waals surface area contributed by atoms with Gasteiger partial charge < -0.3 is 26.7 Å². The van der Waals surface area contributed by atoms with Crippen molar-refractivity contribution >= 4 is 35.1 Å². The van der Waals surface area contributed by atoms with Gasteiger partial charge in [-0.3, -0.25) is 0 Å². The summed E-state index contributed by atoms with van der Waals surface area (Å²) in [4.78, 5) is 7.67. The van der Waals surface area contributed by atoms with Crippen LogP contribution in [-0.2, 0) is 9.47 Å². The van der Waals surface area contributed by atoms with Crippen molar-refractivity contribution < 1.29 is 9.47 Å². The minimum absolute atomic E-state index is 0.0228. The largest absolute Gasteiger partial charge is 0.497 e. The summed E-state index contributed by atoms with van der Waals surface area (Å²) in [5, 5.41) is 4.04. The van der Waals surface area contributed by atoms with Crippen LogP contribution in [0, 0.1) is 0 Å². The van der Waals surface area contributed by atoms with Gasteiger partial charge in [-0.05, 0) is 36.4 Å². The highest BCUT2D eigenvalue weighted by molar-refractivity contribution is 7.95. The highest BCUT2D eigenvalue weighted by Gasteiger charge is 2.44. The van der Waals surface area contributed by atoms with Crippen molar-refractivity contribution in [3.05, 3.63) is 103 Å². The van der Waals surface area contributed by atoms with Crippen LogP contribution >= 0.6 is 7.26 Å². The molecule has 3 rings (SSSR count). The van der Waals surface area contributed by atoms with Crippen LogP contribution in [0.4, 0.5) is 0 Å². The zero-order valence-electron chi connectivity index (χ0n) is 20.5. The molecule has 0 radical (unpaired) electrons. The van der Waals surface area contributed by atoms with Crippen molar-refractivity contribution in [1.82, 2.24) is 0 Å². The van der Waals surface area contributed by atoms with E-state index in [1.165, 1.54) is 15.9 Å². The van der Waals surface area contributed by atoms with Crippen LogP contribution < -0.4 is 33.1 Å². The molecule has 0 saturated carbocycles. The lowest BCUT2D eigenvalue weighted by Gasteiger charge is -2.27. The monoisotopic (exact) mass is 504 g/mol. The van der Waals surface area contributed by atoms with Gasteiger partial charge in [0.1, 0.15) is 29.8 Å². The third-order valence-electron chi connectivity index (χ3n) is 5.60. The van der Waals surface area contributed by atoms with Crippen molar-refractivity contribution in [1.29, 1.82) is 0 Å². The quantitative estimate of drug-likeness (QED) is 0.109. The van der Waals surface area contributed by atoms with Crippen molar-refractivity contribution in [2.75, 3.05) is 32.5 Å². The molecule has 0 amide bonds. The number of hydrogen-bond acceptors (Lipinski definition) is 3. The Balaban J connectivity index is 1.61. The van der Waals surface area contributed by atoms with Crippen LogP contribution in [-0.4, -0.2) is 44.4 Å². The Hall–Kier alpha value is -3.67. The zero-order valence-corrected chi connectivity index (χ0v) is 21.4. The summed E-state index contributed by atoms with van der Waals surface area (Å²) in [7, 11) is -1.89. The van der Waals surface area contributed by atoms with Gasteiger partial charge in [-0.2, -0.15) is 4.99 Å². The van der Waals surface area contributed by atoms with E-state index < -0.39 is 7.26 Å². The Morgan fingerprint density at radius 2 is 1.22 bits per heavy atom. The van der Waals surface area contributed by atoms with Gasteiger partial charge in [0.15, 0.2) is 5.96 Å². The van der Waals surface area contributed by atoms with Gasteiger partial charge in [0.25, 0.3) is 0 Å². The summed E-state index contributed by atoms with van der Waals surface area (Å²) in [6, 6.07) is 32.4. The van der Waals surface area contributed by atoms with Crippen molar-refractivity contribution in [3.8, 4) is 0 Å². The van der Waals surface area contributed by atoms with E-state index in [0.29, 0.717) is 38.5 Å². The van der Waals surface area contributed by atoms with Gasteiger partial charge in [-0.15, -0.1) is 0 Å². The van der Waals surface area contributed by atoms with Gasteiger partial charge in [0.2, 0.25) is 5.96 Å². The molecule has 0 aromatic heterocycles. The fourth-order valence-corrected chi connectivity index (χ4v) is 8.08. The topological polar surface area (TPSA) is 121 Å². The minimum Gasteiger partial charge on any atom is -0.497 e. The van der Waals surface area contributed by atoms with Gasteiger partial charge in [0.05, 0.1) is 31.7 Å². The maximum absolute atomic E-state index is 6.11. The van der Waals surface area contributed by atoms with Crippen molar-refractivity contribution in [3.63, 3.8) is 0 Å². The van der Waals surface area contributed by atoms with E-state index in [1.54, 1.807) is 0 Å². The van der Waals surface area contributed by atoms with Crippen LogP contribution in [0.2, 0.25) is 0 Å². The van der Waals surface area contributed by atoms with Crippen LogP contribution in [0.25, 0.3) is 0 Å². The molecule has 0 heterocycles. The molecule has 0 aliphatic heterocycles. The lowest BCUT2D eigenvalue weighted by Crippen LogP contribution is -2.34. The molecule has 0 spiro atoms.